The fourth-order valence-corrected chi connectivity index (χ4v) is 3.05. The second kappa shape index (κ2) is 2.96. The van der Waals surface area contributed by atoms with Crippen LogP contribution < -0.4 is 5.32 Å². The van der Waals surface area contributed by atoms with E-state index in [9.17, 15) is 9.59 Å². The van der Waals surface area contributed by atoms with Gasteiger partial charge in [0.25, 0.3) is 0 Å². The molecule has 0 bridgehead atoms. The summed E-state index contributed by atoms with van der Waals surface area (Å²) < 4.78 is 0. The first-order valence-corrected chi connectivity index (χ1v) is 5.93. The zero-order valence-corrected chi connectivity index (χ0v) is 9.51. The number of rotatable bonds is 1. The molecule has 4 nitrogen and oxygen atoms in total. The van der Waals surface area contributed by atoms with Gasteiger partial charge in [-0.1, -0.05) is 18.2 Å². The Bertz CT molecular complexity index is 705. The van der Waals surface area contributed by atoms with Crippen LogP contribution in [0.2, 0.25) is 0 Å². The SMILES string of the molecule is O=C1NC(=O)C2(c3cccc4ncccc34)CC12. The maximum atomic E-state index is 12.0. The summed E-state index contributed by atoms with van der Waals surface area (Å²) in [7, 11) is 0. The van der Waals surface area contributed by atoms with E-state index in [4.69, 9.17) is 0 Å². The number of pyridine rings is 1. The molecule has 2 aliphatic rings. The molecular formula is C14H10N2O2. The Morgan fingerprint density at radius 2 is 2.11 bits per heavy atom. The van der Waals surface area contributed by atoms with Crippen molar-refractivity contribution in [1.29, 1.82) is 0 Å². The van der Waals surface area contributed by atoms with Gasteiger partial charge in [-0.25, -0.2) is 0 Å². The number of hydrogen-bond donors (Lipinski definition) is 1. The molecule has 2 heterocycles. The predicted octanol–water partition coefficient (Wildman–Crippen LogP) is 1.15. The van der Waals surface area contributed by atoms with E-state index in [1.165, 1.54) is 0 Å². The van der Waals surface area contributed by atoms with Crippen molar-refractivity contribution in [1.82, 2.24) is 10.3 Å². The molecule has 88 valence electrons. The molecule has 0 spiro atoms. The number of carbonyl (C=O) groups is 2. The van der Waals surface area contributed by atoms with Crippen LogP contribution in [0, 0.1) is 5.92 Å². The van der Waals surface area contributed by atoms with Gasteiger partial charge in [0.1, 0.15) is 0 Å². The van der Waals surface area contributed by atoms with Crippen LogP contribution in [0.5, 0.6) is 0 Å². The van der Waals surface area contributed by atoms with Gasteiger partial charge in [0, 0.05) is 11.6 Å². The summed E-state index contributed by atoms with van der Waals surface area (Å²) in [4.78, 5) is 27.9. The molecule has 18 heavy (non-hydrogen) atoms. The van der Waals surface area contributed by atoms with Crippen LogP contribution in [0.25, 0.3) is 10.9 Å². The largest absolute Gasteiger partial charge is 0.295 e. The lowest BCUT2D eigenvalue weighted by atomic mass is 9.91. The number of nitrogens with one attached hydrogen (secondary N) is 1. The molecular weight excluding hydrogens is 228 g/mol. The smallest absolute Gasteiger partial charge is 0.238 e. The molecule has 1 saturated heterocycles. The molecule has 2 unspecified atom stereocenters. The van der Waals surface area contributed by atoms with Crippen molar-refractivity contribution in [2.45, 2.75) is 11.8 Å². The summed E-state index contributed by atoms with van der Waals surface area (Å²) in [5.74, 6) is -0.481. The van der Waals surface area contributed by atoms with Gasteiger partial charge >= 0.3 is 0 Å². The number of benzene rings is 1. The highest BCUT2D eigenvalue weighted by Gasteiger charge is 2.69. The number of nitrogens with zero attached hydrogens (tertiary/aromatic N) is 1. The summed E-state index contributed by atoms with van der Waals surface area (Å²) >= 11 is 0. The van der Waals surface area contributed by atoms with Crippen LogP contribution in [-0.2, 0) is 15.0 Å². The van der Waals surface area contributed by atoms with Gasteiger partial charge in [-0.15, -0.1) is 0 Å². The standard InChI is InChI=1S/C14H10N2O2/c17-12-10-7-14(10,13(18)16-12)9-4-1-5-11-8(9)3-2-6-15-11/h1-6,10H,7H2,(H,16,17,18). The van der Waals surface area contributed by atoms with Crippen molar-refractivity contribution >= 4 is 22.7 Å². The third-order valence-corrected chi connectivity index (χ3v) is 4.05. The summed E-state index contributed by atoms with van der Waals surface area (Å²) in [5, 5.41) is 3.39. The van der Waals surface area contributed by atoms with Crippen molar-refractivity contribution < 1.29 is 9.59 Å². The van der Waals surface area contributed by atoms with Crippen molar-refractivity contribution in [2.24, 2.45) is 5.92 Å². The highest BCUT2D eigenvalue weighted by Crippen LogP contribution is 2.58. The van der Waals surface area contributed by atoms with Crippen molar-refractivity contribution in [2.75, 3.05) is 0 Å². The van der Waals surface area contributed by atoms with Crippen molar-refractivity contribution in [3.63, 3.8) is 0 Å². The lowest BCUT2D eigenvalue weighted by Gasteiger charge is -2.12. The number of hydrogen-bond acceptors (Lipinski definition) is 3. The van der Waals surface area contributed by atoms with Crippen LogP contribution in [0.3, 0.4) is 0 Å². The fourth-order valence-electron chi connectivity index (χ4n) is 3.05. The summed E-state index contributed by atoms with van der Waals surface area (Å²) in [6.45, 7) is 0. The number of fused-ring (bicyclic) bond motifs is 2. The van der Waals surface area contributed by atoms with E-state index in [0.717, 1.165) is 16.5 Å². The van der Waals surface area contributed by atoms with Gasteiger partial charge in [-0.3, -0.25) is 19.9 Å². The molecule has 4 heteroatoms. The molecule has 1 aliphatic heterocycles. The zero-order valence-electron chi connectivity index (χ0n) is 9.51. The molecule has 1 aromatic heterocycles. The Morgan fingerprint density at radius 3 is 2.83 bits per heavy atom. The molecule has 2 fully saturated rings. The average Bonchev–Trinajstić information content (AvgIpc) is 3.09. The van der Waals surface area contributed by atoms with Gasteiger partial charge in [0.15, 0.2) is 0 Å². The third-order valence-electron chi connectivity index (χ3n) is 4.05. The molecule has 2 aromatic rings. The van der Waals surface area contributed by atoms with Gasteiger partial charge < -0.3 is 0 Å². The van der Waals surface area contributed by atoms with E-state index < -0.39 is 5.41 Å². The zero-order chi connectivity index (χ0) is 12.3. The van der Waals surface area contributed by atoms with Gasteiger partial charge in [-0.05, 0) is 24.1 Å². The van der Waals surface area contributed by atoms with E-state index in [0.29, 0.717) is 6.42 Å². The predicted molar refractivity (Wildman–Crippen MR) is 64.7 cm³/mol. The van der Waals surface area contributed by atoms with Gasteiger partial charge in [0.05, 0.1) is 16.8 Å². The first kappa shape index (κ1) is 9.76. The maximum Gasteiger partial charge on any atom is 0.238 e. The Morgan fingerprint density at radius 1 is 1.22 bits per heavy atom. The fraction of sp³-hybridized carbons (Fsp3) is 0.214. The summed E-state index contributed by atoms with van der Waals surface area (Å²) in [6.07, 6.45) is 2.36. The lowest BCUT2D eigenvalue weighted by Crippen LogP contribution is -2.30. The van der Waals surface area contributed by atoms with Gasteiger partial charge in [0.2, 0.25) is 11.8 Å². The molecule has 1 saturated carbocycles. The van der Waals surface area contributed by atoms with Crippen LogP contribution in [0.4, 0.5) is 0 Å². The van der Waals surface area contributed by atoms with Gasteiger partial charge in [-0.2, -0.15) is 0 Å². The summed E-state index contributed by atoms with van der Waals surface area (Å²) in [6, 6.07) is 9.56. The Hall–Kier alpha value is -2.23. The average molecular weight is 238 g/mol. The van der Waals surface area contributed by atoms with Crippen LogP contribution in [-0.4, -0.2) is 16.8 Å². The number of aromatic nitrogens is 1. The summed E-state index contributed by atoms with van der Waals surface area (Å²) in [5.41, 5.74) is 1.17. The van der Waals surface area contributed by atoms with Crippen molar-refractivity contribution in [3.8, 4) is 0 Å². The van der Waals surface area contributed by atoms with E-state index in [2.05, 4.69) is 10.3 Å². The Balaban J connectivity index is 2.00. The first-order chi connectivity index (χ1) is 8.73. The highest BCUT2D eigenvalue weighted by atomic mass is 16.2. The van der Waals surface area contributed by atoms with E-state index in [1.54, 1.807) is 6.20 Å². The Labute approximate surface area is 103 Å². The second-order valence-corrected chi connectivity index (χ2v) is 4.92. The number of amides is 2. The number of imide groups is 1. The van der Waals surface area contributed by atoms with E-state index in [-0.39, 0.29) is 17.7 Å². The quantitative estimate of drug-likeness (QED) is 0.758. The highest BCUT2D eigenvalue weighted by molar-refractivity contribution is 6.16. The van der Waals surface area contributed by atoms with E-state index in [1.807, 2.05) is 30.3 Å². The van der Waals surface area contributed by atoms with E-state index >= 15 is 0 Å². The molecule has 2 amide bonds. The molecule has 1 aromatic carbocycles. The molecule has 1 aliphatic carbocycles. The van der Waals surface area contributed by atoms with Crippen LogP contribution in [0.15, 0.2) is 36.5 Å². The number of carbonyl (C=O) groups excluding carboxylic acids is 2. The molecule has 0 radical (unpaired) electrons. The number of piperidine rings is 1. The first-order valence-electron chi connectivity index (χ1n) is 5.93. The molecule has 2 atom stereocenters. The van der Waals surface area contributed by atoms with Crippen LogP contribution in [0.1, 0.15) is 12.0 Å². The minimum atomic E-state index is -0.625. The lowest BCUT2D eigenvalue weighted by molar-refractivity contribution is -0.127. The minimum absolute atomic E-state index is 0.138. The second-order valence-electron chi connectivity index (χ2n) is 4.92. The Kier molecular flexibility index (Phi) is 1.60. The van der Waals surface area contributed by atoms with Crippen LogP contribution >= 0.6 is 0 Å². The topological polar surface area (TPSA) is 59.1 Å². The third kappa shape index (κ3) is 0.984. The normalized spacial score (nSPS) is 29.2. The molecule has 4 rings (SSSR count). The maximum absolute atomic E-state index is 12.0. The monoisotopic (exact) mass is 238 g/mol. The molecule has 1 N–H and O–H groups in total. The van der Waals surface area contributed by atoms with Crippen molar-refractivity contribution in [3.05, 3.63) is 42.1 Å². The minimum Gasteiger partial charge on any atom is -0.295 e.